The smallest absolute Gasteiger partial charge is 0.161 e. The van der Waals surface area contributed by atoms with Crippen molar-refractivity contribution in [2.75, 3.05) is 14.2 Å². The fourth-order valence-electron chi connectivity index (χ4n) is 2.77. The highest BCUT2D eigenvalue weighted by atomic mass is 35.5. The largest absolute Gasteiger partial charge is 0.497 e. The van der Waals surface area contributed by atoms with Gasteiger partial charge in [0.2, 0.25) is 0 Å². The highest BCUT2D eigenvalue weighted by Gasteiger charge is 2.10. The zero-order chi connectivity index (χ0) is 20.6. The number of halogens is 1. The van der Waals surface area contributed by atoms with E-state index in [9.17, 15) is 0 Å². The van der Waals surface area contributed by atoms with Crippen molar-refractivity contribution < 1.29 is 14.2 Å². The third kappa shape index (κ3) is 5.62. The van der Waals surface area contributed by atoms with E-state index in [1.54, 1.807) is 14.2 Å². The molecule has 0 saturated carbocycles. The van der Waals surface area contributed by atoms with Gasteiger partial charge in [0.25, 0.3) is 0 Å². The predicted molar refractivity (Wildman–Crippen MR) is 120 cm³/mol. The van der Waals surface area contributed by atoms with E-state index < -0.39 is 0 Å². The van der Waals surface area contributed by atoms with E-state index in [0.29, 0.717) is 34.7 Å². The molecule has 0 atom stereocenters. The molecule has 0 spiro atoms. The van der Waals surface area contributed by atoms with Crippen LogP contribution < -0.4 is 19.5 Å². The summed E-state index contributed by atoms with van der Waals surface area (Å²) in [5, 5.41) is 3.94. The fourth-order valence-corrected chi connectivity index (χ4v) is 3.16. The number of hydrogen-bond donors (Lipinski definition) is 1. The Labute approximate surface area is 181 Å². The molecule has 3 aromatic rings. The van der Waals surface area contributed by atoms with Gasteiger partial charge in [-0.2, -0.15) is 0 Å². The van der Waals surface area contributed by atoms with Gasteiger partial charge in [0.15, 0.2) is 11.5 Å². The van der Waals surface area contributed by atoms with E-state index >= 15 is 0 Å². The Hall–Kier alpha value is -2.76. The maximum atomic E-state index is 6.19. The van der Waals surface area contributed by atoms with Gasteiger partial charge in [0.05, 0.1) is 14.2 Å². The molecular weight excluding hydrogens is 406 g/mol. The van der Waals surface area contributed by atoms with Gasteiger partial charge in [-0.1, -0.05) is 54.2 Å². The van der Waals surface area contributed by atoms with E-state index in [0.717, 1.165) is 22.4 Å². The summed E-state index contributed by atoms with van der Waals surface area (Å²) in [5.74, 6) is 2.06. The van der Waals surface area contributed by atoms with Crippen molar-refractivity contribution in [2.45, 2.75) is 13.2 Å². The molecular formula is C23H22ClNO3S. The summed E-state index contributed by atoms with van der Waals surface area (Å²) < 4.78 is 16.6. The van der Waals surface area contributed by atoms with E-state index in [-0.39, 0.29) is 0 Å². The van der Waals surface area contributed by atoms with Gasteiger partial charge in [-0.3, -0.25) is 0 Å². The molecule has 0 aliphatic heterocycles. The lowest BCUT2D eigenvalue weighted by atomic mass is 10.1. The summed E-state index contributed by atoms with van der Waals surface area (Å²) in [5.41, 5.74) is 2.85. The molecule has 0 amide bonds. The van der Waals surface area contributed by atoms with Crippen LogP contribution in [0.5, 0.6) is 17.2 Å². The third-order valence-corrected chi connectivity index (χ3v) is 5.10. The van der Waals surface area contributed by atoms with Crippen LogP contribution in [-0.2, 0) is 13.2 Å². The van der Waals surface area contributed by atoms with Crippen molar-refractivity contribution in [1.29, 1.82) is 0 Å². The van der Waals surface area contributed by atoms with E-state index in [1.807, 2.05) is 66.7 Å². The summed E-state index contributed by atoms with van der Waals surface area (Å²) in [6, 6.07) is 21.1. The Morgan fingerprint density at radius 2 is 1.76 bits per heavy atom. The number of thiocarbonyl (C=S) groups is 1. The molecule has 6 heteroatoms. The monoisotopic (exact) mass is 427 g/mol. The first-order valence-electron chi connectivity index (χ1n) is 9.06. The fraction of sp³-hybridized carbons (Fsp3) is 0.174. The molecule has 0 aliphatic rings. The molecule has 29 heavy (non-hydrogen) atoms. The normalized spacial score (nSPS) is 10.3. The van der Waals surface area contributed by atoms with Crippen molar-refractivity contribution in [3.63, 3.8) is 0 Å². The van der Waals surface area contributed by atoms with Gasteiger partial charge in [0.1, 0.15) is 17.3 Å². The molecule has 0 aliphatic carbocycles. The number of hydrogen-bond acceptors (Lipinski definition) is 4. The maximum absolute atomic E-state index is 6.19. The summed E-state index contributed by atoms with van der Waals surface area (Å²) in [6.45, 7) is 0.955. The number of ether oxygens (including phenoxy) is 3. The molecule has 0 fully saturated rings. The Morgan fingerprint density at radius 1 is 0.931 bits per heavy atom. The predicted octanol–water partition coefficient (Wildman–Crippen LogP) is 5.40. The molecule has 150 valence electrons. The van der Waals surface area contributed by atoms with Crippen LogP contribution in [0.1, 0.15) is 16.7 Å². The molecule has 0 heterocycles. The maximum Gasteiger partial charge on any atom is 0.161 e. The van der Waals surface area contributed by atoms with Crippen LogP contribution in [-0.4, -0.2) is 19.2 Å². The second kappa shape index (κ2) is 10.1. The van der Waals surface area contributed by atoms with Crippen molar-refractivity contribution >= 4 is 28.8 Å². The molecule has 3 rings (SSSR count). The third-order valence-electron chi connectivity index (χ3n) is 4.35. The van der Waals surface area contributed by atoms with Crippen LogP contribution in [0.15, 0.2) is 66.7 Å². The molecule has 0 radical (unpaired) electrons. The number of benzene rings is 3. The van der Waals surface area contributed by atoms with E-state index in [1.165, 1.54) is 0 Å². The van der Waals surface area contributed by atoms with E-state index in [4.69, 9.17) is 38.0 Å². The Kier molecular flexibility index (Phi) is 7.33. The average Bonchev–Trinajstić information content (AvgIpc) is 2.77. The zero-order valence-electron chi connectivity index (χ0n) is 16.3. The Bertz CT molecular complexity index is 993. The van der Waals surface area contributed by atoms with E-state index in [2.05, 4.69) is 5.32 Å². The van der Waals surface area contributed by atoms with Gasteiger partial charge < -0.3 is 19.5 Å². The van der Waals surface area contributed by atoms with Gasteiger partial charge in [-0.05, 0) is 42.0 Å². The van der Waals surface area contributed by atoms with Gasteiger partial charge in [0, 0.05) is 22.7 Å². The van der Waals surface area contributed by atoms with Crippen LogP contribution in [0.3, 0.4) is 0 Å². The number of methoxy groups -OCH3 is 2. The minimum atomic E-state index is 0.355. The summed E-state index contributed by atoms with van der Waals surface area (Å²) in [4.78, 5) is 0.628. The van der Waals surface area contributed by atoms with Crippen molar-refractivity contribution in [1.82, 2.24) is 5.32 Å². The van der Waals surface area contributed by atoms with Crippen molar-refractivity contribution in [3.8, 4) is 17.2 Å². The molecule has 0 saturated heterocycles. The van der Waals surface area contributed by atoms with Gasteiger partial charge in [-0.25, -0.2) is 0 Å². The Balaban J connectivity index is 1.65. The molecule has 1 N–H and O–H groups in total. The van der Waals surface area contributed by atoms with Crippen molar-refractivity contribution in [2.24, 2.45) is 0 Å². The van der Waals surface area contributed by atoms with Crippen LogP contribution in [0.4, 0.5) is 0 Å². The van der Waals surface area contributed by atoms with Crippen LogP contribution in [0, 0.1) is 0 Å². The second-order valence-corrected chi connectivity index (χ2v) is 7.10. The Morgan fingerprint density at radius 3 is 2.52 bits per heavy atom. The van der Waals surface area contributed by atoms with Crippen LogP contribution >= 0.6 is 23.8 Å². The van der Waals surface area contributed by atoms with Crippen LogP contribution in [0.2, 0.25) is 5.02 Å². The molecule has 0 unspecified atom stereocenters. The van der Waals surface area contributed by atoms with Crippen LogP contribution in [0.25, 0.3) is 0 Å². The number of nitrogens with one attached hydrogen (secondary N) is 1. The molecule has 4 nitrogen and oxygen atoms in total. The quantitative estimate of drug-likeness (QED) is 0.487. The minimum Gasteiger partial charge on any atom is -0.497 e. The summed E-state index contributed by atoms with van der Waals surface area (Å²) in [6.07, 6.45) is 0. The summed E-state index contributed by atoms with van der Waals surface area (Å²) in [7, 11) is 3.26. The lowest BCUT2D eigenvalue weighted by Crippen LogP contribution is -2.21. The first-order chi connectivity index (χ1) is 14.1. The van der Waals surface area contributed by atoms with Gasteiger partial charge in [-0.15, -0.1) is 0 Å². The molecule has 0 bridgehead atoms. The SMILES string of the molecule is COc1cccc(CNC(=S)c2ccc(OCc3ccccc3Cl)c(OC)c2)c1. The molecule has 3 aromatic carbocycles. The summed E-state index contributed by atoms with van der Waals surface area (Å²) >= 11 is 11.7. The minimum absolute atomic E-state index is 0.355. The molecule has 0 aromatic heterocycles. The van der Waals surface area contributed by atoms with Crippen molar-refractivity contribution in [3.05, 3.63) is 88.4 Å². The topological polar surface area (TPSA) is 39.7 Å². The lowest BCUT2D eigenvalue weighted by molar-refractivity contribution is 0.284. The highest BCUT2D eigenvalue weighted by Crippen LogP contribution is 2.29. The van der Waals surface area contributed by atoms with Gasteiger partial charge >= 0.3 is 0 Å². The first-order valence-corrected chi connectivity index (χ1v) is 9.84. The standard InChI is InChI=1S/C23H22ClNO3S/c1-26-19-8-5-6-16(12-19)14-25-23(29)17-10-11-21(22(13-17)27-2)28-15-18-7-3-4-9-20(18)24/h3-13H,14-15H2,1-2H3,(H,25,29). The second-order valence-electron chi connectivity index (χ2n) is 6.28. The lowest BCUT2D eigenvalue weighted by Gasteiger charge is -2.14. The number of rotatable bonds is 8. The average molecular weight is 428 g/mol. The highest BCUT2D eigenvalue weighted by molar-refractivity contribution is 7.80. The first kappa shape index (κ1) is 21.0. The zero-order valence-corrected chi connectivity index (χ0v) is 17.8.